The van der Waals surface area contributed by atoms with Crippen LogP contribution in [0.15, 0.2) is 99.6 Å². The fraction of sp³-hybridized carbons (Fsp3) is 0.129. The van der Waals surface area contributed by atoms with Crippen molar-refractivity contribution >= 4 is 16.9 Å². The van der Waals surface area contributed by atoms with Gasteiger partial charge in [-0.25, -0.2) is 26.7 Å². The predicted molar refractivity (Wildman–Crippen MR) is 140 cm³/mol. The summed E-state index contributed by atoms with van der Waals surface area (Å²) in [6.45, 7) is 2.65. The Labute approximate surface area is 230 Å². The van der Waals surface area contributed by atoms with Gasteiger partial charge < -0.3 is 9.47 Å². The molecule has 0 atom stereocenters. The van der Waals surface area contributed by atoms with E-state index in [1.807, 2.05) is 0 Å². The maximum atomic E-state index is 14.0. The van der Waals surface area contributed by atoms with Crippen LogP contribution in [0.5, 0.6) is 5.75 Å². The normalized spacial score (nSPS) is 11.1. The number of ether oxygens (including phenoxy) is 2. The summed E-state index contributed by atoms with van der Waals surface area (Å²) in [7, 11) is -1.26. The maximum Gasteiger partial charge on any atom is 0.345 e. The van der Waals surface area contributed by atoms with Crippen LogP contribution in [0.25, 0.3) is 0 Å². The van der Waals surface area contributed by atoms with E-state index in [1.54, 1.807) is 38.1 Å². The predicted octanol–water partition coefficient (Wildman–Crippen LogP) is 7.23. The van der Waals surface area contributed by atoms with Crippen molar-refractivity contribution < 1.29 is 36.2 Å². The molecule has 0 radical (unpaired) electrons. The Morgan fingerprint density at radius 3 is 1.80 bits per heavy atom. The highest BCUT2D eigenvalue weighted by Gasteiger charge is 2.31. The molecule has 0 spiro atoms. The summed E-state index contributed by atoms with van der Waals surface area (Å²) in [4.78, 5) is 13.2. The SMILES string of the molecule is CC(C)(C#Cc1ccccc1F)OC(=O)COc1ccc([S+](c2cc(F)cc(F)c2)c2cc(F)cc(F)c2)cc1. The van der Waals surface area contributed by atoms with Crippen molar-refractivity contribution in [1.29, 1.82) is 0 Å². The van der Waals surface area contributed by atoms with Gasteiger partial charge in [0.2, 0.25) is 0 Å². The van der Waals surface area contributed by atoms with Gasteiger partial charge in [-0.05, 0) is 50.2 Å². The quantitative estimate of drug-likeness (QED) is 0.102. The number of hydrogen-bond donors (Lipinski definition) is 0. The Morgan fingerprint density at radius 1 is 0.750 bits per heavy atom. The van der Waals surface area contributed by atoms with E-state index in [9.17, 15) is 26.7 Å². The van der Waals surface area contributed by atoms with Gasteiger partial charge in [-0.2, -0.15) is 0 Å². The van der Waals surface area contributed by atoms with E-state index in [1.165, 1.54) is 24.3 Å². The first-order valence-corrected chi connectivity index (χ1v) is 13.1. The van der Waals surface area contributed by atoms with Crippen LogP contribution >= 0.6 is 0 Å². The van der Waals surface area contributed by atoms with Gasteiger partial charge in [0.25, 0.3) is 0 Å². The molecule has 0 bridgehead atoms. The molecule has 4 aromatic carbocycles. The van der Waals surface area contributed by atoms with Crippen LogP contribution in [0.2, 0.25) is 0 Å². The first-order valence-electron chi connectivity index (χ1n) is 11.9. The molecular formula is C31H22F5O3S+. The number of carbonyl (C=O) groups is 1. The molecule has 0 saturated carbocycles. The smallest absolute Gasteiger partial charge is 0.345 e. The van der Waals surface area contributed by atoms with Crippen LogP contribution < -0.4 is 4.74 Å². The fourth-order valence-corrected chi connectivity index (χ4v) is 5.78. The van der Waals surface area contributed by atoms with Gasteiger partial charge in [0.05, 0.1) is 16.5 Å². The first kappa shape index (κ1) is 28.7. The van der Waals surface area contributed by atoms with E-state index in [0.717, 1.165) is 24.3 Å². The van der Waals surface area contributed by atoms with Crippen molar-refractivity contribution in [3.8, 4) is 17.6 Å². The number of carbonyl (C=O) groups excluding carboxylic acids is 1. The van der Waals surface area contributed by atoms with Crippen LogP contribution in [-0.2, 0) is 20.4 Å². The summed E-state index contributed by atoms with van der Waals surface area (Å²) in [5.74, 6) is 1.12. The van der Waals surface area contributed by atoms with Crippen molar-refractivity contribution in [3.05, 3.63) is 120 Å². The Morgan fingerprint density at radius 2 is 1.27 bits per heavy atom. The summed E-state index contributed by atoms with van der Waals surface area (Å²) < 4.78 is 80.7. The Hall–Kier alpha value is -4.29. The monoisotopic (exact) mass is 569 g/mol. The molecule has 0 heterocycles. The second-order valence-corrected chi connectivity index (χ2v) is 11.0. The van der Waals surface area contributed by atoms with Crippen molar-refractivity contribution in [3.63, 3.8) is 0 Å². The average Bonchev–Trinajstić information content (AvgIpc) is 2.87. The minimum Gasteiger partial charge on any atom is -0.482 e. The van der Waals surface area contributed by atoms with Gasteiger partial charge in [-0.15, -0.1) is 0 Å². The largest absolute Gasteiger partial charge is 0.482 e. The zero-order chi connectivity index (χ0) is 28.9. The van der Waals surface area contributed by atoms with Crippen molar-refractivity contribution in [2.75, 3.05) is 6.61 Å². The summed E-state index contributed by atoms with van der Waals surface area (Å²) >= 11 is 0. The van der Waals surface area contributed by atoms with Crippen molar-refractivity contribution in [2.45, 2.75) is 34.1 Å². The standard InChI is InChI=1S/C31H22F5O3S/c1-31(2,12-11-20-5-3-4-6-29(20)36)39-30(37)19-38-25-7-9-26(10-8-25)40(27-15-21(32)13-22(33)16-27)28-17-23(34)14-24(35)18-28/h3-10,13-18H,19H2,1-2H3/q+1. The topological polar surface area (TPSA) is 35.5 Å². The number of rotatable bonds is 7. The molecule has 0 aliphatic heterocycles. The second kappa shape index (κ2) is 12.3. The molecule has 40 heavy (non-hydrogen) atoms. The van der Waals surface area contributed by atoms with E-state index in [0.29, 0.717) is 17.0 Å². The van der Waals surface area contributed by atoms with Gasteiger partial charge in [-0.1, -0.05) is 24.0 Å². The van der Waals surface area contributed by atoms with Crippen LogP contribution in [-0.4, -0.2) is 18.2 Å². The number of hydrogen-bond acceptors (Lipinski definition) is 3. The highest BCUT2D eigenvalue weighted by atomic mass is 32.2. The maximum absolute atomic E-state index is 14.0. The molecule has 204 valence electrons. The molecule has 0 aliphatic carbocycles. The number of benzene rings is 4. The third-order valence-corrected chi connectivity index (χ3v) is 7.46. The lowest BCUT2D eigenvalue weighted by molar-refractivity contribution is -0.154. The zero-order valence-corrected chi connectivity index (χ0v) is 22.1. The van der Waals surface area contributed by atoms with Gasteiger partial charge in [-0.3, -0.25) is 0 Å². The zero-order valence-electron chi connectivity index (χ0n) is 21.3. The summed E-state index contributed by atoms with van der Waals surface area (Å²) in [6.07, 6.45) is 0. The molecule has 3 nitrogen and oxygen atoms in total. The van der Waals surface area contributed by atoms with Gasteiger partial charge in [0, 0.05) is 36.4 Å². The van der Waals surface area contributed by atoms with E-state index < -0.39 is 58.2 Å². The van der Waals surface area contributed by atoms with Crippen molar-refractivity contribution in [2.24, 2.45) is 0 Å². The lowest BCUT2D eigenvalue weighted by Crippen LogP contribution is -2.29. The van der Waals surface area contributed by atoms with Crippen molar-refractivity contribution in [1.82, 2.24) is 0 Å². The third kappa shape index (κ3) is 7.64. The molecule has 0 N–H and O–H groups in total. The minimum atomic E-state index is -1.26. The molecule has 0 aromatic heterocycles. The molecular weight excluding hydrogens is 547 g/mol. The Bertz CT molecular complexity index is 1500. The summed E-state index contributed by atoms with van der Waals surface area (Å²) in [5.41, 5.74) is -1.05. The highest BCUT2D eigenvalue weighted by Crippen LogP contribution is 2.34. The van der Waals surface area contributed by atoms with Crippen LogP contribution in [0.1, 0.15) is 19.4 Å². The molecule has 9 heteroatoms. The van der Waals surface area contributed by atoms with Crippen LogP contribution in [0, 0.1) is 40.9 Å². The fourth-order valence-electron chi connectivity index (χ4n) is 3.64. The Kier molecular flexibility index (Phi) is 8.80. The highest BCUT2D eigenvalue weighted by molar-refractivity contribution is 7.97. The molecule has 0 aliphatic rings. The first-order chi connectivity index (χ1) is 19.0. The van der Waals surface area contributed by atoms with E-state index in [4.69, 9.17) is 9.47 Å². The van der Waals surface area contributed by atoms with Gasteiger partial charge >= 0.3 is 5.97 Å². The van der Waals surface area contributed by atoms with E-state index in [2.05, 4.69) is 11.8 Å². The molecule has 4 aromatic rings. The Balaban J connectivity index is 1.48. The molecule has 0 amide bonds. The molecule has 0 unspecified atom stereocenters. The van der Waals surface area contributed by atoms with Gasteiger partial charge in [0.1, 0.15) is 34.8 Å². The summed E-state index contributed by atoms with van der Waals surface area (Å²) in [6, 6.07) is 18.0. The van der Waals surface area contributed by atoms with E-state index in [-0.39, 0.29) is 21.1 Å². The molecule has 0 saturated heterocycles. The summed E-state index contributed by atoms with van der Waals surface area (Å²) in [5, 5.41) is 0. The van der Waals surface area contributed by atoms with Crippen LogP contribution in [0.3, 0.4) is 0 Å². The molecule has 4 rings (SSSR count). The van der Waals surface area contributed by atoms with E-state index >= 15 is 0 Å². The number of esters is 1. The lowest BCUT2D eigenvalue weighted by atomic mass is 10.1. The lowest BCUT2D eigenvalue weighted by Gasteiger charge is -2.19. The second-order valence-electron chi connectivity index (χ2n) is 8.99. The third-order valence-electron chi connectivity index (χ3n) is 5.30. The molecule has 0 fully saturated rings. The van der Waals surface area contributed by atoms with Gasteiger partial charge in [0.15, 0.2) is 26.9 Å². The number of halogens is 5. The minimum absolute atomic E-state index is 0.170. The average molecular weight is 570 g/mol. The van der Waals surface area contributed by atoms with Crippen LogP contribution in [0.4, 0.5) is 22.0 Å².